The molecule has 0 aliphatic heterocycles. The highest BCUT2D eigenvalue weighted by Gasteiger charge is 2.27. The predicted octanol–water partition coefficient (Wildman–Crippen LogP) is 3.62. The van der Waals surface area contributed by atoms with Crippen molar-refractivity contribution >= 4 is 33.8 Å². The summed E-state index contributed by atoms with van der Waals surface area (Å²) in [4.78, 5) is 36.1. The maximum atomic E-state index is 12.4. The van der Waals surface area contributed by atoms with Crippen LogP contribution >= 0.6 is 11.3 Å². The number of non-ortho nitro benzene ring substituents is 1. The summed E-state index contributed by atoms with van der Waals surface area (Å²) in [5.74, 6) is -0.658. The number of thiophene rings is 1. The zero-order valence-corrected chi connectivity index (χ0v) is 15.1. The van der Waals surface area contributed by atoms with Gasteiger partial charge in [0.25, 0.3) is 5.69 Å². The molecule has 1 aliphatic rings. The minimum absolute atomic E-state index is 0.0486. The Morgan fingerprint density at radius 1 is 1.35 bits per heavy atom. The Hall–Kier alpha value is -2.74. The zero-order chi connectivity index (χ0) is 18.7. The van der Waals surface area contributed by atoms with E-state index in [0.29, 0.717) is 10.6 Å². The molecule has 0 saturated heterocycles. The van der Waals surface area contributed by atoms with Gasteiger partial charge < -0.3 is 10.1 Å². The highest BCUT2D eigenvalue weighted by atomic mass is 32.1. The third-order valence-electron chi connectivity index (χ3n) is 4.19. The second-order valence-electron chi connectivity index (χ2n) is 5.87. The molecule has 3 rings (SSSR count). The van der Waals surface area contributed by atoms with Gasteiger partial charge >= 0.3 is 5.97 Å². The van der Waals surface area contributed by atoms with Gasteiger partial charge in [-0.15, -0.1) is 11.3 Å². The average molecular weight is 374 g/mol. The number of fused-ring (bicyclic) bond motifs is 1. The number of ketones is 1. The molecule has 7 nitrogen and oxygen atoms in total. The van der Waals surface area contributed by atoms with Crippen LogP contribution in [-0.4, -0.2) is 29.8 Å². The predicted molar refractivity (Wildman–Crippen MR) is 98.2 cm³/mol. The molecular formula is C18H18N2O5S. The standard InChI is InChI=1S/C18H18N2O5S/c1-2-25-18(22)16-13-7-4-8-15(13)26-17(16)19-10-14(21)11-5-3-6-12(9-11)20(23)24/h3,5-6,9,19H,2,4,7-8,10H2,1H3. The van der Waals surface area contributed by atoms with Gasteiger partial charge in [0.2, 0.25) is 0 Å². The van der Waals surface area contributed by atoms with Crippen molar-refractivity contribution in [2.24, 2.45) is 0 Å². The fourth-order valence-corrected chi connectivity index (χ4v) is 4.28. The zero-order valence-electron chi connectivity index (χ0n) is 14.2. The van der Waals surface area contributed by atoms with Crippen molar-refractivity contribution in [3.05, 3.63) is 55.9 Å². The Kier molecular flexibility index (Phi) is 5.32. The fourth-order valence-electron chi connectivity index (χ4n) is 3.00. The highest BCUT2D eigenvalue weighted by Crippen LogP contribution is 2.39. The molecule has 1 heterocycles. The molecule has 0 bridgehead atoms. The van der Waals surface area contributed by atoms with Crippen molar-refractivity contribution in [3.63, 3.8) is 0 Å². The number of carbonyl (C=O) groups is 2. The average Bonchev–Trinajstić information content (AvgIpc) is 3.20. The van der Waals surface area contributed by atoms with Crippen molar-refractivity contribution in [2.75, 3.05) is 18.5 Å². The van der Waals surface area contributed by atoms with Crippen molar-refractivity contribution in [1.82, 2.24) is 0 Å². The molecule has 8 heteroatoms. The first-order chi connectivity index (χ1) is 12.5. The van der Waals surface area contributed by atoms with Crippen LogP contribution in [0.2, 0.25) is 0 Å². The molecule has 0 atom stereocenters. The van der Waals surface area contributed by atoms with E-state index in [9.17, 15) is 19.7 Å². The van der Waals surface area contributed by atoms with E-state index < -0.39 is 4.92 Å². The first-order valence-corrected chi connectivity index (χ1v) is 9.16. The van der Waals surface area contributed by atoms with Crippen LogP contribution in [0.15, 0.2) is 24.3 Å². The van der Waals surface area contributed by atoms with Gasteiger partial charge in [-0.2, -0.15) is 0 Å². The third-order valence-corrected chi connectivity index (χ3v) is 5.44. The summed E-state index contributed by atoms with van der Waals surface area (Å²) in [6.07, 6.45) is 2.77. The number of Topliss-reactive ketones (excluding diaryl/α,β-unsaturated/α-hetero) is 1. The van der Waals surface area contributed by atoms with Crippen molar-refractivity contribution < 1.29 is 19.2 Å². The monoisotopic (exact) mass is 374 g/mol. The number of anilines is 1. The molecular weight excluding hydrogens is 356 g/mol. The molecule has 136 valence electrons. The number of ether oxygens (including phenoxy) is 1. The normalized spacial score (nSPS) is 12.5. The molecule has 26 heavy (non-hydrogen) atoms. The quantitative estimate of drug-likeness (QED) is 0.344. The maximum Gasteiger partial charge on any atom is 0.341 e. The number of rotatable bonds is 7. The van der Waals surface area contributed by atoms with Gasteiger partial charge in [-0.05, 0) is 31.7 Å². The number of nitro groups is 1. The Bertz CT molecular complexity index is 874. The maximum absolute atomic E-state index is 12.4. The van der Waals surface area contributed by atoms with E-state index in [1.54, 1.807) is 6.92 Å². The van der Waals surface area contributed by atoms with Gasteiger partial charge in [0, 0.05) is 22.6 Å². The Morgan fingerprint density at radius 2 is 2.15 bits per heavy atom. The molecule has 0 radical (unpaired) electrons. The van der Waals surface area contributed by atoms with Crippen LogP contribution in [0, 0.1) is 10.1 Å². The molecule has 0 spiro atoms. The fraction of sp³-hybridized carbons (Fsp3) is 0.333. The van der Waals surface area contributed by atoms with Crippen LogP contribution in [0.1, 0.15) is 44.5 Å². The molecule has 1 N–H and O–H groups in total. The Labute approximate surface area is 154 Å². The summed E-state index contributed by atoms with van der Waals surface area (Å²) in [6.45, 7) is 1.99. The topological polar surface area (TPSA) is 98.5 Å². The molecule has 0 amide bonds. The van der Waals surface area contributed by atoms with Crippen LogP contribution in [0.5, 0.6) is 0 Å². The van der Waals surface area contributed by atoms with Gasteiger partial charge in [-0.1, -0.05) is 12.1 Å². The van der Waals surface area contributed by atoms with Gasteiger partial charge in [0.15, 0.2) is 5.78 Å². The number of carbonyl (C=O) groups excluding carboxylic acids is 2. The van der Waals surface area contributed by atoms with Crippen molar-refractivity contribution in [1.29, 1.82) is 0 Å². The largest absolute Gasteiger partial charge is 0.462 e. The summed E-state index contributed by atoms with van der Waals surface area (Å²) in [5.41, 5.74) is 1.67. The Balaban J connectivity index is 1.77. The first-order valence-electron chi connectivity index (χ1n) is 8.34. The van der Waals surface area contributed by atoms with E-state index in [-0.39, 0.29) is 36.2 Å². The second-order valence-corrected chi connectivity index (χ2v) is 6.97. The van der Waals surface area contributed by atoms with E-state index in [4.69, 9.17) is 4.74 Å². The molecule has 1 aromatic carbocycles. The number of nitrogens with zero attached hydrogens (tertiary/aromatic N) is 1. The molecule has 0 unspecified atom stereocenters. The van der Waals surface area contributed by atoms with E-state index in [2.05, 4.69) is 5.32 Å². The summed E-state index contributed by atoms with van der Waals surface area (Å²) in [5, 5.41) is 14.5. The lowest BCUT2D eigenvalue weighted by atomic mass is 10.1. The molecule has 2 aromatic rings. The minimum Gasteiger partial charge on any atom is -0.462 e. The van der Waals surface area contributed by atoms with E-state index >= 15 is 0 Å². The molecule has 1 aromatic heterocycles. The summed E-state index contributed by atoms with van der Waals surface area (Å²) < 4.78 is 5.15. The number of benzene rings is 1. The Morgan fingerprint density at radius 3 is 2.88 bits per heavy atom. The number of aryl methyl sites for hydroxylation is 1. The van der Waals surface area contributed by atoms with Crippen LogP contribution in [0.25, 0.3) is 0 Å². The summed E-state index contributed by atoms with van der Waals surface area (Å²) in [6, 6.07) is 5.62. The van der Waals surface area contributed by atoms with Crippen molar-refractivity contribution in [2.45, 2.75) is 26.2 Å². The molecule has 1 aliphatic carbocycles. The number of nitro benzene ring substituents is 1. The first kappa shape index (κ1) is 18.1. The smallest absolute Gasteiger partial charge is 0.341 e. The number of esters is 1. The van der Waals surface area contributed by atoms with Gasteiger partial charge in [-0.3, -0.25) is 14.9 Å². The van der Waals surface area contributed by atoms with E-state index in [0.717, 1.165) is 29.7 Å². The highest BCUT2D eigenvalue weighted by molar-refractivity contribution is 7.16. The van der Waals surface area contributed by atoms with Gasteiger partial charge in [0.1, 0.15) is 5.00 Å². The van der Waals surface area contributed by atoms with Gasteiger partial charge in [0.05, 0.1) is 23.6 Å². The summed E-state index contributed by atoms with van der Waals surface area (Å²) in [7, 11) is 0. The molecule has 0 fully saturated rings. The van der Waals surface area contributed by atoms with Crippen molar-refractivity contribution in [3.8, 4) is 0 Å². The van der Waals surface area contributed by atoms with Gasteiger partial charge in [-0.25, -0.2) is 4.79 Å². The summed E-state index contributed by atoms with van der Waals surface area (Å²) >= 11 is 1.48. The second kappa shape index (κ2) is 7.65. The SMILES string of the molecule is CCOC(=O)c1c(NCC(=O)c2cccc([N+](=O)[O-])c2)sc2c1CCC2. The lowest BCUT2D eigenvalue weighted by molar-refractivity contribution is -0.384. The van der Waals surface area contributed by atoms with Crippen LogP contribution in [0.4, 0.5) is 10.7 Å². The third kappa shape index (κ3) is 3.60. The lowest BCUT2D eigenvalue weighted by Crippen LogP contribution is -2.16. The minimum atomic E-state index is -0.535. The van der Waals surface area contributed by atoms with Crippen LogP contribution < -0.4 is 5.32 Å². The number of nitrogens with one attached hydrogen (secondary N) is 1. The number of hydrogen-bond donors (Lipinski definition) is 1. The van der Waals surface area contributed by atoms with E-state index in [1.807, 2.05) is 0 Å². The van der Waals surface area contributed by atoms with E-state index in [1.165, 1.54) is 35.6 Å². The lowest BCUT2D eigenvalue weighted by Gasteiger charge is -2.08. The number of hydrogen-bond acceptors (Lipinski definition) is 7. The molecule has 0 saturated carbocycles. The van der Waals surface area contributed by atoms with Crippen LogP contribution in [-0.2, 0) is 17.6 Å². The van der Waals surface area contributed by atoms with Crippen LogP contribution in [0.3, 0.4) is 0 Å².